The minimum atomic E-state index is 0.569. The quantitative estimate of drug-likeness (QED) is 0.563. The SMILES string of the molecule is Cc1ccc(Nc2cc(N3CCCCC3)nc(Nc3ccc(Cl)cc3)n2)cc1. The number of benzene rings is 2. The summed E-state index contributed by atoms with van der Waals surface area (Å²) >= 11 is 5.99. The average Bonchev–Trinajstić information content (AvgIpc) is 2.72. The third-order valence-corrected chi connectivity index (χ3v) is 5.07. The van der Waals surface area contributed by atoms with Crippen LogP contribution in [0.4, 0.5) is 29.0 Å². The summed E-state index contributed by atoms with van der Waals surface area (Å²) in [6.45, 7) is 4.14. The summed E-state index contributed by atoms with van der Waals surface area (Å²) in [4.78, 5) is 11.8. The van der Waals surface area contributed by atoms with Gasteiger partial charge < -0.3 is 15.5 Å². The fourth-order valence-electron chi connectivity index (χ4n) is 3.29. The highest BCUT2D eigenvalue weighted by Crippen LogP contribution is 2.26. The molecule has 0 spiro atoms. The van der Waals surface area contributed by atoms with Gasteiger partial charge in [0, 0.05) is 35.6 Å². The summed E-state index contributed by atoms with van der Waals surface area (Å²) in [5, 5.41) is 7.41. The van der Waals surface area contributed by atoms with Gasteiger partial charge in [0.1, 0.15) is 11.6 Å². The molecule has 1 aliphatic heterocycles. The van der Waals surface area contributed by atoms with Crippen molar-refractivity contribution in [3.05, 3.63) is 65.2 Å². The number of aromatic nitrogens is 2. The van der Waals surface area contributed by atoms with Gasteiger partial charge in [-0.3, -0.25) is 0 Å². The van der Waals surface area contributed by atoms with Crippen LogP contribution < -0.4 is 15.5 Å². The van der Waals surface area contributed by atoms with Crippen molar-refractivity contribution < 1.29 is 0 Å². The Hall–Kier alpha value is -2.79. The largest absolute Gasteiger partial charge is 0.356 e. The molecule has 0 atom stereocenters. The smallest absolute Gasteiger partial charge is 0.231 e. The number of nitrogens with zero attached hydrogens (tertiary/aromatic N) is 3. The second-order valence-electron chi connectivity index (χ2n) is 7.11. The van der Waals surface area contributed by atoms with Crippen LogP contribution in [0.15, 0.2) is 54.6 Å². The van der Waals surface area contributed by atoms with Crippen molar-refractivity contribution in [2.24, 2.45) is 0 Å². The van der Waals surface area contributed by atoms with Crippen molar-refractivity contribution in [1.82, 2.24) is 9.97 Å². The second-order valence-corrected chi connectivity index (χ2v) is 7.54. The molecular weight excluding hydrogens is 370 g/mol. The third-order valence-electron chi connectivity index (χ3n) is 4.82. The van der Waals surface area contributed by atoms with E-state index in [1.54, 1.807) is 0 Å². The van der Waals surface area contributed by atoms with Crippen molar-refractivity contribution in [3.63, 3.8) is 0 Å². The normalized spacial score (nSPS) is 14.0. The van der Waals surface area contributed by atoms with Crippen LogP contribution in [-0.2, 0) is 0 Å². The molecular formula is C22H24ClN5. The number of hydrogen-bond donors (Lipinski definition) is 2. The first-order chi connectivity index (χ1) is 13.7. The Bertz CT molecular complexity index is 853. The molecule has 0 bridgehead atoms. The first-order valence-electron chi connectivity index (χ1n) is 9.66. The van der Waals surface area contributed by atoms with Gasteiger partial charge in [0.15, 0.2) is 0 Å². The highest BCUT2D eigenvalue weighted by atomic mass is 35.5. The van der Waals surface area contributed by atoms with Crippen LogP contribution in [0.1, 0.15) is 24.8 Å². The molecule has 144 valence electrons. The lowest BCUT2D eigenvalue weighted by Crippen LogP contribution is -2.30. The molecule has 3 aromatic rings. The molecule has 5 nitrogen and oxygen atoms in total. The molecule has 4 rings (SSSR count). The highest BCUT2D eigenvalue weighted by molar-refractivity contribution is 6.30. The lowest BCUT2D eigenvalue weighted by atomic mass is 10.1. The zero-order valence-electron chi connectivity index (χ0n) is 16.0. The fraction of sp³-hybridized carbons (Fsp3) is 0.273. The van der Waals surface area contributed by atoms with E-state index in [0.29, 0.717) is 11.0 Å². The van der Waals surface area contributed by atoms with Crippen LogP contribution in [-0.4, -0.2) is 23.1 Å². The third kappa shape index (κ3) is 4.73. The van der Waals surface area contributed by atoms with Gasteiger partial charge in [-0.2, -0.15) is 9.97 Å². The summed E-state index contributed by atoms with van der Waals surface area (Å²) < 4.78 is 0. The Kier molecular flexibility index (Phi) is 5.63. The van der Waals surface area contributed by atoms with E-state index < -0.39 is 0 Å². The molecule has 1 saturated heterocycles. The zero-order chi connectivity index (χ0) is 19.3. The Morgan fingerprint density at radius 2 is 1.46 bits per heavy atom. The minimum absolute atomic E-state index is 0.569. The van der Waals surface area contributed by atoms with Gasteiger partial charge >= 0.3 is 0 Å². The number of halogens is 1. The number of aryl methyl sites for hydroxylation is 1. The fourth-order valence-corrected chi connectivity index (χ4v) is 3.41. The number of hydrogen-bond acceptors (Lipinski definition) is 5. The monoisotopic (exact) mass is 393 g/mol. The molecule has 1 aliphatic rings. The summed E-state index contributed by atoms with van der Waals surface area (Å²) in [5.41, 5.74) is 3.14. The van der Waals surface area contributed by atoms with Gasteiger partial charge in [-0.1, -0.05) is 29.3 Å². The molecule has 0 saturated carbocycles. The minimum Gasteiger partial charge on any atom is -0.356 e. The maximum absolute atomic E-state index is 5.99. The number of nitrogens with one attached hydrogen (secondary N) is 2. The summed E-state index contributed by atoms with van der Waals surface area (Å²) in [5.74, 6) is 2.29. The summed E-state index contributed by atoms with van der Waals surface area (Å²) in [6, 6.07) is 17.9. The topological polar surface area (TPSA) is 53.1 Å². The summed E-state index contributed by atoms with van der Waals surface area (Å²) in [7, 11) is 0. The predicted molar refractivity (Wildman–Crippen MR) is 117 cm³/mol. The molecule has 0 aliphatic carbocycles. The molecule has 0 radical (unpaired) electrons. The van der Waals surface area contributed by atoms with E-state index in [1.165, 1.54) is 24.8 Å². The van der Waals surface area contributed by atoms with Gasteiger partial charge in [-0.25, -0.2) is 0 Å². The second kappa shape index (κ2) is 8.48. The van der Waals surface area contributed by atoms with Crippen LogP contribution in [0.25, 0.3) is 0 Å². The van der Waals surface area contributed by atoms with Crippen molar-refractivity contribution in [3.8, 4) is 0 Å². The van der Waals surface area contributed by atoms with Gasteiger partial charge in [-0.05, 0) is 62.6 Å². The van der Waals surface area contributed by atoms with Gasteiger partial charge in [0.05, 0.1) is 0 Å². The molecule has 6 heteroatoms. The van der Waals surface area contributed by atoms with Crippen LogP contribution in [0.3, 0.4) is 0 Å². The van der Waals surface area contributed by atoms with Gasteiger partial charge in [-0.15, -0.1) is 0 Å². The van der Waals surface area contributed by atoms with Crippen molar-refractivity contribution >= 4 is 40.6 Å². The van der Waals surface area contributed by atoms with E-state index in [4.69, 9.17) is 16.6 Å². The van der Waals surface area contributed by atoms with Crippen molar-refractivity contribution in [1.29, 1.82) is 0 Å². The van der Waals surface area contributed by atoms with Crippen LogP contribution in [0.5, 0.6) is 0 Å². The van der Waals surface area contributed by atoms with E-state index >= 15 is 0 Å². The maximum atomic E-state index is 5.99. The molecule has 2 heterocycles. The standard InChI is InChI=1S/C22H24ClN5/c1-16-5-9-18(10-6-16)24-20-15-21(28-13-3-2-4-14-28)27-22(26-20)25-19-11-7-17(23)8-12-19/h5-12,15H,2-4,13-14H2,1H3,(H2,24,25,26,27). The zero-order valence-corrected chi connectivity index (χ0v) is 16.7. The van der Waals surface area contributed by atoms with Crippen molar-refractivity contribution in [2.45, 2.75) is 26.2 Å². The lowest BCUT2D eigenvalue weighted by molar-refractivity contribution is 0.573. The first-order valence-corrected chi connectivity index (χ1v) is 10.0. The first kappa shape index (κ1) is 18.6. The number of anilines is 5. The molecule has 2 aromatic carbocycles. The maximum Gasteiger partial charge on any atom is 0.231 e. The Morgan fingerprint density at radius 1 is 0.821 bits per heavy atom. The van der Waals surface area contributed by atoms with Crippen LogP contribution in [0, 0.1) is 6.92 Å². The van der Waals surface area contributed by atoms with Gasteiger partial charge in [0.2, 0.25) is 5.95 Å². The van der Waals surface area contributed by atoms with Crippen LogP contribution >= 0.6 is 11.6 Å². The predicted octanol–water partition coefficient (Wildman–Crippen LogP) is 5.92. The van der Waals surface area contributed by atoms with E-state index in [-0.39, 0.29) is 0 Å². The lowest BCUT2D eigenvalue weighted by Gasteiger charge is -2.28. The number of rotatable bonds is 5. The van der Waals surface area contributed by atoms with E-state index in [9.17, 15) is 0 Å². The Balaban J connectivity index is 1.63. The molecule has 28 heavy (non-hydrogen) atoms. The average molecular weight is 394 g/mol. The molecule has 0 amide bonds. The van der Waals surface area contributed by atoms with Crippen molar-refractivity contribution in [2.75, 3.05) is 28.6 Å². The molecule has 2 N–H and O–H groups in total. The van der Waals surface area contributed by atoms with Gasteiger partial charge in [0.25, 0.3) is 0 Å². The summed E-state index contributed by atoms with van der Waals surface area (Å²) in [6.07, 6.45) is 3.68. The Labute approximate surface area is 170 Å². The molecule has 0 unspecified atom stereocenters. The molecule has 1 aromatic heterocycles. The Morgan fingerprint density at radius 3 is 2.18 bits per heavy atom. The molecule has 1 fully saturated rings. The van der Waals surface area contributed by atoms with E-state index in [2.05, 4.69) is 51.7 Å². The van der Waals surface area contributed by atoms with E-state index in [1.807, 2.05) is 30.3 Å². The number of piperidine rings is 1. The highest BCUT2D eigenvalue weighted by Gasteiger charge is 2.15. The van der Waals surface area contributed by atoms with Crippen LogP contribution in [0.2, 0.25) is 5.02 Å². The van der Waals surface area contributed by atoms with E-state index in [0.717, 1.165) is 36.1 Å².